The molecule has 3 aromatic carbocycles. The number of azo groups is 1. The molecule has 3 N–H and O–H groups in total. The number of hydrogen-bond donors (Lipinski definition) is 3. The van der Waals surface area contributed by atoms with Gasteiger partial charge < -0.3 is 19.1 Å². The van der Waals surface area contributed by atoms with Gasteiger partial charge in [0.25, 0.3) is 19.1 Å². The number of sulfonamides is 1. The van der Waals surface area contributed by atoms with E-state index in [0.29, 0.717) is 5.56 Å². The molecule has 39 heavy (non-hydrogen) atoms. The predicted octanol–water partition coefficient (Wildman–Crippen LogP) is 3.58. The van der Waals surface area contributed by atoms with Crippen molar-refractivity contribution in [3.63, 3.8) is 0 Å². The van der Waals surface area contributed by atoms with Crippen molar-refractivity contribution < 1.29 is 35.4 Å². The van der Waals surface area contributed by atoms with Crippen LogP contribution in [0.3, 0.4) is 0 Å². The Morgan fingerprint density at radius 3 is 2.46 bits per heavy atom. The van der Waals surface area contributed by atoms with Gasteiger partial charge in [-0.15, -0.1) is 9.95 Å². The Morgan fingerprint density at radius 1 is 1.13 bits per heavy atom. The highest BCUT2D eigenvalue weighted by atomic mass is 35.7. The van der Waals surface area contributed by atoms with Crippen LogP contribution in [0.15, 0.2) is 56.4 Å². The van der Waals surface area contributed by atoms with Crippen molar-refractivity contribution in [2.24, 2.45) is 10.2 Å². The fraction of sp³-hybridized carbons (Fsp3) is 0.238. The van der Waals surface area contributed by atoms with Crippen molar-refractivity contribution in [2.45, 2.75) is 16.7 Å². The molecule has 1 unspecified atom stereocenters. The summed E-state index contributed by atoms with van der Waals surface area (Å²) in [5.74, 6) is -0.719. The first-order valence-corrected chi connectivity index (χ1v) is 16.2. The molecule has 1 heterocycles. The SMILES string of the molecule is Cc1cccc2c(O)c(S(=O)(=O)NN3CCOCC3)c(NS(=O)[O-])c(N=Nc3ccc(Cl)c(S(=O)(=O)Cl)c3)c12. The van der Waals surface area contributed by atoms with E-state index in [1.54, 1.807) is 19.1 Å². The Morgan fingerprint density at radius 2 is 1.82 bits per heavy atom. The molecule has 0 aliphatic carbocycles. The number of phenolic OH excluding ortho intramolecular Hbond substituents is 1. The zero-order valence-electron chi connectivity index (χ0n) is 19.9. The molecular formula is C21H20Cl2N5O8S3-. The van der Waals surface area contributed by atoms with E-state index in [-0.39, 0.29) is 53.5 Å². The molecule has 1 saturated heterocycles. The molecule has 18 heteroatoms. The summed E-state index contributed by atoms with van der Waals surface area (Å²) >= 11 is 2.86. The summed E-state index contributed by atoms with van der Waals surface area (Å²) in [5, 5.41) is 20.7. The number of hydrazine groups is 1. The van der Waals surface area contributed by atoms with Gasteiger partial charge in [-0.1, -0.05) is 29.8 Å². The summed E-state index contributed by atoms with van der Waals surface area (Å²) in [6.07, 6.45) is 0. The van der Waals surface area contributed by atoms with Crippen molar-refractivity contribution >= 4 is 80.5 Å². The second-order valence-corrected chi connectivity index (χ2v) is 13.4. The molecule has 13 nitrogen and oxygen atoms in total. The van der Waals surface area contributed by atoms with E-state index in [1.807, 2.05) is 4.72 Å². The number of hydrogen-bond acceptors (Lipinski definition) is 11. The van der Waals surface area contributed by atoms with E-state index in [1.165, 1.54) is 23.2 Å². The molecule has 1 aliphatic heterocycles. The molecule has 4 rings (SSSR count). The number of aromatic hydroxyl groups is 1. The quantitative estimate of drug-likeness (QED) is 0.188. The minimum Gasteiger partial charge on any atom is -0.755 e. The van der Waals surface area contributed by atoms with Gasteiger partial charge in [0.2, 0.25) is 0 Å². The Balaban J connectivity index is 1.98. The van der Waals surface area contributed by atoms with Crippen LogP contribution in [-0.4, -0.2) is 62.0 Å². The molecular weight excluding hydrogens is 617 g/mol. The molecule has 0 aromatic heterocycles. The Kier molecular flexibility index (Phi) is 8.79. The van der Waals surface area contributed by atoms with Crippen molar-refractivity contribution in [1.82, 2.24) is 9.84 Å². The van der Waals surface area contributed by atoms with Crippen LogP contribution in [0.2, 0.25) is 5.02 Å². The summed E-state index contributed by atoms with van der Waals surface area (Å²) in [7, 11) is -3.40. The maximum absolute atomic E-state index is 13.5. The monoisotopic (exact) mass is 636 g/mol. The highest BCUT2D eigenvalue weighted by molar-refractivity contribution is 8.13. The first-order valence-electron chi connectivity index (χ1n) is 10.9. The van der Waals surface area contributed by atoms with Crippen molar-refractivity contribution in [1.29, 1.82) is 0 Å². The molecule has 3 aromatic rings. The first kappa shape index (κ1) is 29.6. The summed E-state index contributed by atoms with van der Waals surface area (Å²) < 4.78 is 81.5. The normalized spacial score (nSPS) is 16.1. The Labute approximate surface area is 235 Å². The summed E-state index contributed by atoms with van der Waals surface area (Å²) in [4.78, 5) is 1.11. The third-order valence-electron chi connectivity index (χ3n) is 5.60. The van der Waals surface area contributed by atoms with E-state index < -0.39 is 51.6 Å². The summed E-state index contributed by atoms with van der Waals surface area (Å²) in [5.41, 5.74) is -0.371. The highest BCUT2D eigenvalue weighted by Gasteiger charge is 2.32. The van der Waals surface area contributed by atoms with Gasteiger partial charge in [0.1, 0.15) is 16.3 Å². The second-order valence-electron chi connectivity index (χ2n) is 8.18. The number of nitrogens with zero attached hydrogens (tertiary/aromatic N) is 3. The van der Waals surface area contributed by atoms with Gasteiger partial charge >= 0.3 is 0 Å². The van der Waals surface area contributed by atoms with Gasteiger partial charge in [-0.3, -0.25) is 4.21 Å². The van der Waals surface area contributed by atoms with Crippen molar-refractivity contribution in [3.05, 3.63) is 47.0 Å². The molecule has 0 bridgehead atoms. The average Bonchev–Trinajstić information content (AvgIpc) is 2.84. The second kappa shape index (κ2) is 11.6. The molecule has 0 amide bonds. The smallest absolute Gasteiger partial charge is 0.262 e. The maximum Gasteiger partial charge on any atom is 0.262 e. The van der Waals surface area contributed by atoms with Crippen LogP contribution >= 0.6 is 22.3 Å². The van der Waals surface area contributed by atoms with Gasteiger partial charge in [0.15, 0.2) is 4.90 Å². The molecule has 0 saturated carbocycles. The number of anilines is 1. The fourth-order valence-corrected chi connectivity index (χ4v) is 7.22. The lowest BCUT2D eigenvalue weighted by Gasteiger charge is -2.28. The number of morpholine rings is 1. The van der Waals surface area contributed by atoms with E-state index in [9.17, 15) is 30.7 Å². The van der Waals surface area contributed by atoms with Gasteiger partial charge in [-0.25, -0.2) is 21.8 Å². The third kappa shape index (κ3) is 6.50. The number of fused-ring (bicyclic) bond motifs is 1. The topological polar surface area (TPSA) is 190 Å². The minimum absolute atomic E-state index is 0.0431. The van der Waals surface area contributed by atoms with E-state index in [2.05, 4.69) is 15.1 Å². The zero-order chi connectivity index (χ0) is 28.5. The summed E-state index contributed by atoms with van der Waals surface area (Å²) in [6, 6.07) is 8.23. The van der Waals surface area contributed by atoms with E-state index in [0.717, 1.165) is 6.07 Å². The van der Waals surface area contributed by atoms with Crippen LogP contribution in [-0.2, 0) is 35.1 Å². The highest BCUT2D eigenvalue weighted by Crippen LogP contribution is 2.48. The zero-order valence-corrected chi connectivity index (χ0v) is 23.9. The molecule has 1 fully saturated rings. The lowest BCUT2D eigenvalue weighted by Crippen LogP contribution is -2.48. The fourth-order valence-electron chi connectivity index (χ4n) is 3.91. The minimum atomic E-state index is -4.59. The van der Waals surface area contributed by atoms with Gasteiger partial charge in [-0.2, -0.15) is 5.11 Å². The molecule has 0 spiro atoms. The standard InChI is InChI=1S/C21H21Cl2N5O8S3/c1-12-3-2-4-14-17(12)18(25-24-13-5-6-15(22)16(11-13)38(23,32)33)19(26-37(30)31)21(20(14)29)39(34,35)27-28-7-9-36-10-8-28/h2-6,11,26-27,29H,7-10H2,1H3,(H,30,31)/p-1. The number of halogens is 2. The molecule has 1 aliphatic rings. The van der Waals surface area contributed by atoms with Crippen LogP contribution in [0.1, 0.15) is 5.56 Å². The number of aryl methyl sites for hydroxylation is 1. The van der Waals surface area contributed by atoms with Crippen LogP contribution in [0.25, 0.3) is 10.8 Å². The lowest BCUT2D eigenvalue weighted by atomic mass is 10.0. The van der Waals surface area contributed by atoms with Crippen LogP contribution in [0.5, 0.6) is 5.75 Å². The predicted molar refractivity (Wildman–Crippen MR) is 144 cm³/mol. The largest absolute Gasteiger partial charge is 0.755 e. The third-order valence-corrected chi connectivity index (χ3v) is 9.21. The number of benzene rings is 3. The number of nitrogens with one attached hydrogen (secondary N) is 2. The van der Waals surface area contributed by atoms with Gasteiger partial charge in [-0.05, 0) is 30.7 Å². The van der Waals surface area contributed by atoms with E-state index >= 15 is 0 Å². The molecule has 1 atom stereocenters. The lowest BCUT2D eigenvalue weighted by molar-refractivity contribution is 0.0272. The average molecular weight is 638 g/mol. The van der Waals surface area contributed by atoms with Gasteiger partial charge in [0, 0.05) is 45.8 Å². The van der Waals surface area contributed by atoms with Crippen LogP contribution in [0, 0.1) is 6.92 Å². The Bertz CT molecular complexity index is 1710. The summed E-state index contributed by atoms with van der Waals surface area (Å²) in [6.45, 7) is 2.55. The number of ether oxygens (including phenoxy) is 1. The molecule has 0 radical (unpaired) electrons. The van der Waals surface area contributed by atoms with Crippen LogP contribution in [0.4, 0.5) is 17.1 Å². The van der Waals surface area contributed by atoms with E-state index in [4.69, 9.17) is 27.0 Å². The van der Waals surface area contributed by atoms with Gasteiger partial charge in [0.05, 0.1) is 29.6 Å². The number of rotatable bonds is 8. The van der Waals surface area contributed by atoms with Crippen molar-refractivity contribution in [3.8, 4) is 5.75 Å². The Hall–Kier alpha value is -2.41. The van der Waals surface area contributed by atoms with Crippen molar-refractivity contribution in [2.75, 3.05) is 31.0 Å². The number of phenols is 1. The van der Waals surface area contributed by atoms with Crippen LogP contribution < -0.4 is 9.55 Å². The maximum atomic E-state index is 13.5. The molecule has 210 valence electrons. The first-order chi connectivity index (χ1) is 18.3.